The summed E-state index contributed by atoms with van der Waals surface area (Å²) in [7, 11) is -3.41. The molecule has 0 N–H and O–H groups in total. The van der Waals surface area contributed by atoms with Crippen LogP contribution in [-0.2, 0) is 10.0 Å². The molecule has 0 spiro atoms. The fraction of sp³-hybridized carbons (Fsp3) is 0.273. The smallest absolute Gasteiger partial charge is 0.207 e. The highest BCUT2D eigenvalue weighted by Crippen LogP contribution is 2.28. The van der Waals surface area contributed by atoms with Gasteiger partial charge in [-0.2, -0.15) is 4.31 Å². The zero-order valence-corrected chi connectivity index (χ0v) is 12.9. The molecule has 0 unspecified atom stereocenters. The molecular weight excluding hydrogens is 370 g/mol. The van der Waals surface area contributed by atoms with E-state index >= 15 is 0 Å². The molecule has 0 saturated heterocycles. The van der Waals surface area contributed by atoms with Gasteiger partial charge in [-0.15, -0.1) is 0 Å². The molecule has 92 valence electrons. The van der Waals surface area contributed by atoms with E-state index in [-0.39, 0.29) is 0 Å². The van der Waals surface area contributed by atoms with E-state index in [1.807, 2.05) is 12.2 Å². The summed E-state index contributed by atoms with van der Waals surface area (Å²) in [5, 5.41) is 0. The molecule has 1 aromatic rings. The summed E-state index contributed by atoms with van der Waals surface area (Å²) in [4.78, 5) is 0.308. The number of halogens is 2. The maximum atomic E-state index is 12.4. The van der Waals surface area contributed by atoms with Crippen molar-refractivity contribution in [1.82, 2.24) is 4.31 Å². The first kappa shape index (κ1) is 13.3. The Morgan fingerprint density at radius 3 is 2.59 bits per heavy atom. The molecule has 6 heteroatoms. The Kier molecular flexibility index (Phi) is 4.07. The van der Waals surface area contributed by atoms with Crippen molar-refractivity contribution in [2.45, 2.75) is 11.3 Å². The Balaban J connectivity index is 2.44. The second kappa shape index (κ2) is 5.22. The van der Waals surface area contributed by atoms with Crippen LogP contribution >= 0.6 is 31.9 Å². The van der Waals surface area contributed by atoms with Gasteiger partial charge in [0.1, 0.15) is 0 Å². The van der Waals surface area contributed by atoms with Gasteiger partial charge in [0.15, 0.2) is 0 Å². The van der Waals surface area contributed by atoms with Gasteiger partial charge in [-0.1, -0.05) is 28.1 Å². The monoisotopic (exact) mass is 379 g/mol. The number of hydrogen-bond donors (Lipinski definition) is 0. The lowest BCUT2D eigenvalue weighted by Crippen LogP contribution is -2.34. The minimum Gasteiger partial charge on any atom is -0.207 e. The van der Waals surface area contributed by atoms with Gasteiger partial charge in [0.25, 0.3) is 0 Å². The molecule has 1 aliphatic heterocycles. The van der Waals surface area contributed by atoms with Crippen LogP contribution in [-0.4, -0.2) is 25.8 Å². The molecule has 1 aromatic carbocycles. The van der Waals surface area contributed by atoms with E-state index in [1.165, 1.54) is 4.31 Å². The lowest BCUT2D eigenvalue weighted by molar-refractivity contribution is 0.437. The topological polar surface area (TPSA) is 37.4 Å². The van der Waals surface area contributed by atoms with Crippen molar-refractivity contribution in [2.24, 2.45) is 0 Å². The molecule has 3 nitrogen and oxygen atoms in total. The Morgan fingerprint density at radius 1 is 1.18 bits per heavy atom. The molecule has 0 amide bonds. The van der Waals surface area contributed by atoms with Crippen molar-refractivity contribution in [3.63, 3.8) is 0 Å². The molecule has 17 heavy (non-hydrogen) atoms. The Hall–Kier alpha value is -0.170. The van der Waals surface area contributed by atoms with Crippen molar-refractivity contribution in [3.8, 4) is 0 Å². The third-order valence-electron chi connectivity index (χ3n) is 2.53. The maximum Gasteiger partial charge on any atom is 0.244 e. The second-order valence-corrected chi connectivity index (χ2v) is 7.37. The van der Waals surface area contributed by atoms with Gasteiger partial charge in [-0.3, -0.25) is 0 Å². The van der Waals surface area contributed by atoms with E-state index in [4.69, 9.17) is 0 Å². The summed E-state index contributed by atoms with van der Waals surface area (Å²) in [6, 6.07) is 5.16. The summed E-state index contributed by atoms with van der Waals surface area (Å²) < 4.78 is 27.6. The van der Waals surface area contributed by atoms with Gasteiger partial charge in [0.2, 0.25) is 10.0 Å². The third-order valence-corrected chi connectivity index (χ3v) is 5.88. The highest BCUT2D eigenvalue weighted by molar-refractivity contribution is 9.11. The van der Waals surface area contributed by atoms with Crippen LogP contribution in [0.2, 0.25) is 0 Å². The van der Waals surface area contributed by atoms with Gasteiger partial charge in [0.05, 0.1) is 4.90 Å². The predicted octanol–water partition coefficient (Wildman–Crippen LogP) is 3.16. The summed E-state index contributed by atoms with van der Waals surface area (Å²) in [5.74, 6) is 0. The normalized spacial score (nSPS) is 17.3. The molecule has 0 fully saturated rings. The summed E-state index contributed by atoms with van der Waals surface area (Å²) >= 11 is 6.58. The van der Waals surface area contributed by atoms with Gasteiger partial charge in [-0.25, -0.2) is 8.42 Å². The van der Waals surface area contributed by atoms with Crippen LogP contribution in [0.15, 0.2) is 44.2 Å². The van der Waals surface area contributed by atoms with Crippen LogP contribution in [0.25, 0.3) is 0 Å². The van der Waals surface area contributed by atoms with E-state index in [9.17, 15) is 8.42 Å². The van der Waals surface area contributed by atoms with Gasteiger partial charge in [0, 0.05) is 22.0 Å². The largest absolute Gasteiger partial charge is 0.244 e. The van der Waals surface area contributed by atoms with Crippen molar-refractivity contribution in [2.75, 3.05) is 13.1 Å². The fourth-order valence-electron chi connectivity index (χ4n) is 1.65. The lowest BCUT2D eigenvalue weighted by Gasteiger charge is -2.23. The van der Waals surface area contributed by atoms with Gasteiger partial charge in [-0.05, 0) is 40.5 Å². The van der Waals surface area contributed by atoms with E-state index < -0.39 is 10.0 Å². The first-order chi connectivity index (χ1) is 8.01. The Labute approximate surface area is 118 Å². The first-order valence-corrected chi connectivity index (χ1v) is 8.14. The maximum absolute atomic E-state index is 12.4. The number of sulfonamides is 1. The van der Waals surface area contributed by atoms with Crippen molar-refractivity contribution < 1.29 is 8.42 Å². The minimum atomic E-state index is -3.41. The van der Waals surface area contributed by atoms with E-state index in [1.54, 1.807) is 18.2 Å². The van der Waals surface area contributed by atoms with E-state index in [0.717, 1.165) is 10.9 Å². The molecule has 1 heterocycles. The SMILES string of the molecule is O=S(=O)(c1cc(Br)ccc1Br)N1CC=CCC1. The van der Waals surface area contributed by atoms with Gasteiger partial charge >= 0.3 is 0 Å². The lowest BCUT2D eigenvalue weighted by atomic mass is 10.3. The standard InChI is InChI=1S/C11H11Br2NO2S/c12-9-4-5-10(13)11(8-9)17(15,16)14-6-2-1-3-7-14/h1-2,4-5,8H,3,6-7H2. The number of rotatable bonds is 2. The van der Waals surface area contributed by atoms with Crippen molar-refractivity contribution in [1.29, 1.82) is 0 Å². The summed E-state index contributed by atoms with van der Waals surface area (Å²) in [6.07, 6.45) is 4.65. The summed E-state index contributed by atoms with van der Waals surface area (Å²) in [5.41, 5.74) is 0. The van der Waals surface area contributed by atoms with Crippen LogP contribution in [0, 0.1) is 0 Å². The van der Waals surface area contributed by atoms with Crippen LogP contribution in [0.1, 0.15) is 6.42 Å². The molecule has 0 atom stereocenters. The molecule has 0 saturated carbocycles. The van der Waals surface area contributed by atoms with Crippen LogP contribution < -0.4 is 0 Å². The second-order valence-electron chi connectivity index (χ2n) is 3.70. The van der Waals surface area contributed by atoms with Crippen LogP contribution in [0.5, 0.6) is 0 Å². The molecule has 0 radical (unpaired) electrons. The third kappa shape index (κ3) is 2.81. The van der Waals surface area contributed by atoms with Crippen LogP contribution in [0.3, 0.4) is 0 Å². The zero-order valence-electron chi connectivity index (χ0n) is 8.94. The molecular formula is C11H11Br2NO2S. The fourth-order valence-corrected chi connectivity index (χ4v) is 4.52. The Morgan fingerprint density at radius 2 is 1.94 bits per heavy atom. The molecule has 1 aliphatic rings. The molecule has 0 aliphatic carbocycles. The van der Waals surface area contributed by atoms with E-state index in [2.05, 4.69) is 31.9 Å². The summed E-state index contributed by atoms with van der Waals surface area (Å²) in [6.45, 7) is 0.985. The molecule has 0 bridgehead atoms. The highest BCUT2D eigenvalue weighted by atomic mass is 79.9. The van der Waals surface area contributed by atoms with Gasteiger partial charge < -0.3 is 0 Å². The average Bonchev–Trinajstić information content (AvgIpc) is 2.33. The zero-order chi connectivity index (χ0) is 12.5. The first-order valence-electron chi connectivity index (χ1n) is 5.12. The van der Waals surface area contributed by atoms with Crippen molar-refractivity contribution >= 4 is 41.9 Å². The average molecular weight is 381 g/mol. The number of nitrogens with zero attached hydrogens (tertiary/aromatic N) is 1. The number of hydrogen-bond acceptors (Lipinski definition) is 2. The predicted molar refractivity (Wildman–Crippen MR) is 74.4 cm³/mol. The van der Waals surface area contributed by atoms with E-state index in [0.29, 0.717) is 22.5 Å². The molecule has 2 rings (SSSR count). The Bertz CT molecular complexity index is 555. The van der Waals surface area contributed by atoms with Crippen LogP contribution in [0.4, 0.5) is 0 Å². The number of benzene rings is 1. The minimum absolute atomic E-state index is 0.308. The van der Waals surface area contributed by atoms with Crippen molar-refractivity contribution in [3.05, 3.63) is 39.3 Å². The molecule has 0 aromatic heterocycles. The quantitative estimate of drug-likeness (QED) is 0.739. The highest BCUT2D eigenvalue weighted by Gasteiger charge is 2.26.